The standard InChI is InChI=1S/C34H36N6O5S2/c1-34(2,3)23-18-25(30(45-4)26(19-23)40-47(5,43)44)36-32(41)27-17-22-13-9-14-24(31(22)46-27)37-33(42)39-29-16-10-15-28(38-29)35-20-21-11-7-6-8-12-21/h6-19,40H,20H2,1-5H3,(H,36,41)(H3,35,37,38,39,42). The molecule has 11 nitrogen and oxygen atoms in total. The quantitative estimate of drug-likeness (QED) is 0.103. The van der Waals surface area contributed by atoms with Gasteiger partial charge in [-0.2, -0.15) is 0 Å². The monoisotopic (exact) mass is 672 g/mol. The number of urea groups is 1. The molecule has 0 aliphatic rings. The second-order valence-electron chi connectivity index (χ2n) is 11.8. The summed E-state index contributed by atoms with van der Waals surface area (Å²) in [5.41, 5.74) is 2.61. The summed E-state index contributed by atoms with van der Waals surface area (Å²) >= 11 is 1.21. The molecule has 0 saturated heterocycles. The Hall–Kier alpha value is -5.14. The molecule has 5 aromatic rings. The minimum absolute atomic E-state index is 0.185. The van der Waals surface area contributed by atoms with Crippen molar-refractivity contribution in [2.75, 3.05) is 39.4 Å². The number of nitrogens with zero attached hydrogens (tertiary/aromatic N) is 1. The van der Waals surface area contributed by atoms with Crippen molar-refractivity contribution in [1.29, 1.82) is 0 Å². The van der Waals surface area contributed by atoms with E-state index in [1.165, 1.54) is 18.4 Å². The van der Waals surface area contributed by atoms with Gasteiger partial charge in [-0.15, -0.1) is 11.3 Å². The fourth-order valence-corrected chi connectivity index (χ4v) is 6.34. The smallest absolute Gasteiger partial charge is 0.324 e. The number of methoxy groups -OCH3 is 1. The summed E-state index contributed by atoms with van der Waals surface area (Å²) in [5, 5.41) is 12.5. The number of ether oxygens (including phenoxy) is 1. The van der Waals surface area contributed by atoms with Crippen molar-refractivity contribution in [3.8, 4) is 5.75 Å². The number of fused-ring (bicyclic) bond motifs is 1. The number of hydrogen-bond donors (Lipinski definition) is 5. The molecule has 0 aliphatic heterocycles. The van der Waals surface area contributed by atoms with Gasteiger partial charge in [0.15, 0.2) is 5.75 Å². The SMILES string of the molecule is COc1c(NC(=O)c2cc3cccc(NC(=O)Nc4cccc(NCc5ccccc5)n4)c3s2)cc(C(C)(C)C)cc1NS(C)(=O)=O. The first-order valence-corrected chi connectivity index (χ1v) is 17.4. The lowest BCUT2D eigenvalue weighted by atomic mass is 9.86. The van der Waals surface area contributed by atoms with Gasteiger partial charge in [0.1, 0.15) is 11.6 Å². The van der Waals surface area contributed by atoms with E-state index in [1.54, 1.807) is 42.5 Å². The Morgan fingerprint density at radius 1 is 0.830 bits per heavy atom. The summed E-state index contributed by atoms with van der Waals surface area (Å²) in [4.78, 5) is 31.4. The van der Waals surface area contributed by atoms with E-state index >= 15 is 0 Å². The Bertz CT molecular complexity index is 2040. The third-order valence-corrected chi connectivity index (χ3v) is 8.80. The highest BCUT2D eigenvalue weighted by molar-refractivity contribution is 7.92. The van der Waals surface area contributed by atoms with Gasteiger partial charge in [-0.25, -0.2) is 18.2 Å². The van der Waals surface area contributed by atoms with Gasteiger partial charge in [0.2, 0.25) is 10.0 Å². The highest BCUT2D eigenvalue weighted by Crippen LogP contribution is 2.40. The van der Waals surface area contributed by atoms with Gasteiger partial charge in [0, 0.05) is 6.54 Å². The lowest BCUT2D eigenvalue weighted by Crippen LogP contribution is -2.20. The maximum Gasteiger partial charge on any atom is 0.324 e. The molecule has 244 valence electrons. The lowest BCUT2D eigenvalue weighted by Gasteiger charge is -2.23. The number of benzene rings is 3. The Morgan fingerprint density at radius 3 is 2.23 bits per heavy atom. The van der Waals surface area contributed by atoms with Gasteiger partial charge in [-0.05, 0) is 58.3 Å². The minimum Gasteiger partial charge on any atom is -0.492 e. The number of pyridine rings is 1. The van der Waals surface area contributed by atoms with E-state index in [0.29, 0.717) is 39.1 Å². The molecule has 47 heavy (non-hydrogen) atoms. The fourth-order valence-electron chi connectivity index (χ4n) is 4.77. The number of carbonyl (C=O) groups excluding carboxylic acids is 2. The predicted molar refractivity (Wildman–Crippen MR) is 191 cm³/mol. The summed E-state index contributed by atoms with van der Waals surface area (Å²) in [6.45, 7) is 6.54. The van der Waals surface area contributed by atoms with E-state index < -0.39 is 22.0 Å². The average Bonchev–Trinajstić information content (AvgIpc) is 3.45. The number of anilines is 5. The zero-order valence-corrected chi connectivity index (χ0v) is 28.2. The largest absolute Gasteiger partial charge is 0.492 e. The molecular weight excluding hydrogens is 637 g/mol. The van der Waals surface area contributed by atoms with Crippen molar-refractivity contribution >= 4 is 72.1 Å². The molecule has 0 atom stereocenters. The van der Waals surface area contributed by atoms with Crippen LogP contribution in [0.25, 0.3) is 10.1 Å². The summed E-state index contributed by atoms with van der Waals surface area (Å²) in [6, 6.07) is 25.4. The van der Waals surface area contributed by atoms with Crippen LogP contribution in [0.5, 0.6) is 5.75 Å². The average molecular weight is 673 g/mol. The van der Waals surface area contributed by atoms with Crippen LogP contribution in [0.15, 0.2) is 84.9 Å². The maximum absolute atomic E-state index is 13.6. The Labute approximate surface area is 277 Å². The first kappa shape index (κ1) is 33.2. The van der Waals surface area contributed by atoms with Gasteiger partial charge in [-0.1, -0.05) is 69.3 Å². The Kier molecular flexibility index (Phi) is 9.68. The van der Waals surface area contributed by atoms with Crippen LogP contribution < -0.4 is 30.7 Å². The molecule has 0 saturated carbocycles. The highest BCUT2D eigenvalue weighted by Gasteiger charge is 2.23. The first-order chi connectivity index (χ1) is 22.3. The summed E-state index contributed by atoms with van der Waals surface area (Å²) in [6.07, 6.45) is 1.05. The first-order valence-electron chi connectivity index (χ1n) is 14.7. The van der Waals surface area contributed by atoms with Crippen molar-refractivity contribution in [2.45, 2.75) is 32.7 Å². The number of hydrogen-bond acceptors (Lipinski definition) is 8. The molecule has 5 rings (SSSR count). The van der Waals surface area contributed by atoms with Crippen molar-refractivity contribution in [3.63, 3.8) is 0 Å². The molecule has 0 aliphatic carbocycles. The van der Waals surface area contributed by atoms with Crippen LogP contribution in [0.1, 0.15) is 41.6 Å². The number of rotatable bonds is 10. The van der Waals surface area contributed by atoms with Gasteiger partial charge in [-0.3, -0.25) is 14.8 Å². The second kappa shape index (κ2) is 13.7. The zero-order chi connectivity index (χ0) is 33.8. The van der Waals surface area contributed by atoms with Crippen molar-refractivity contribution in [1.82, 2.24) is 4.98 Å². The van der Waals surface area contributed by atoms with Gasteiger partial charge >= 0.3 is 6.03 Å². The van der Waals surface area contributed by atoms with E-state index in [2.05, 4.69) is 31.0 Å². The second-order valence-corrected chi connectivity index (χ2v) is 14.6. The molecule has 0 fully saturated rings. The third-order valence-electron chi connectivity index (χ3n) is 7.03. The van der Waals surface area contributed by atoms with Crippen LogP contribution in [0.4, 0.5) is 33.5 Å². The van der Waals surface area contributed by atoms with Crippen LogP contribution >= 0.6 is 11.3 Å². The van der Waals surface area contributed by atoms with E-state index in [0.717, 1.165) is 22.8 Å². The number of thiophene rings is 1. The Balaban J connectivity index is 1.33. The summed E-state index contributed by atoms with van der Waals surface area (Å²) in [7, 11) is -2.22. The topological polar surface area (TPSA) is 151 Å². The van der Waals surface area contributed by atoms with Crippen LogP contribution in [-0.2, 0) is 22.0 Å². The molecule has 2 heterocycles. The fraction of sp³-hybridized carbons (Fsp3) is 0.206. The van der Waals surface area contributed by atoms with Crippen LogP contribution in [0.2, 0.25) is 0 Å². The molecule has 0 unspecified atom stereocenters. The predicted octanol–water partition coefficient (Wildman–Crippen LogP) is 7.48. The lowest BCUT2D eigenvalue weighted by molar-refractivity contribution is 0.103. The molecule has 3 aromatic carbocycles. The van der Waals surface area contributed by atoms with E-state index in [-0.39, 0.29) is 16.9 Å². The summed E-state index contributed by atoms with van der Waals surface area (Å²) in [5.74, 6) is 0.756. The van der Waals surface area contributed by atoms with Gasteiger partial charge in [0.25, 0.3) is 5.91 Å². The van der Waals surface area contributed by atoms with E-state index in [1.807, 2.05) is 63.2 Å². The normalized spacial score (nSPS) is 11.5. The highest BCUT2D eigenvalue weighted by atomic mass is 32.2. The maximum atomic E-state index is 13.6. The van der Waals surface area contributed by atoms with E-state index in [9.17, 15) is 18.0 Å². The number of aromatic nitrogens is 1. The van der Waals surface area contributed by atoms with Crippen LogP contribution in [0, 0.1) is 0 Å². The molecule has 2 aromatic heterocycles. The molecule has 0 bridgehead atoms. The molecule has 0 radical (unpaired) electrons. The molecule has 5 N–H and O–H groups in total. The summed E-state index contributed by atoms with van der Waals surface area (Å²) < 4.78 is 32.9. The molecule has 0 spiro atoms. The van der Waals surface area contributed by atoms with E-state index in [4.69, 9.17) is 4.74 Å². The van der Waals surface area contributed by atoms with Crippen molar-refractivity contribution in [2.24, 2.45) is 0 Å². The van der Waals surface area contributed by atoms with Gasteiger partial charge in [0.05, 0.1) is 40.0 Å². The molecular formula is C34H36N6O5S2. The number of amides is 3. The molecule has 13 heteroatoms. The van der Waals surface area contributed by atoms with Crippen molar-refractivity contribution in [3.05, 3.63) is 101 Å². The van der Waals surface area contributed by atoms with Crippen molar-refractivity contribution < 1.29 is 22.7 Å². The third kappa shape index (κ3) is 8.57. The van der Waals surface area contributed by atoms with Crippen LogP contribution in [0.3, 0.4) is 0 Å². The minimum atomic E-state index is -3.62. The van der Waals surface area contributed by atoms with Crippen LogP contribution in [-0.4, -0.2) is 38.7 Å². The molecule has 3 amide bonds. The number of carbonyl (C=O) groups is 2. The zero-order valence-electron chi connectivity index (χ0n) is 26.6. The van der Waals surface area contributed by atoms with Gasteiger partial charge < -0.3 is 20.7 Å². The Morgan fingerprint density at radius 2 is 1.53 bits per heavy atom. The number of sulfonamides is 1. The number of nitrogens with one attached hydrogen (secondary N) is 5.